The number of nitrogens with one attached hydrogen (secondary N) is 1. The molecule has 0 bridgehead atoms. The van der Waals surface area contributed by atoms with Crippen LogP contribution in [0.1, 0.15) is 34.3 Å². The maximum Gasteiger partial charge on any atom is 0.253 e. The number of nitrogens with zero attached hydrogens (tertiary/aromatic N) is 3. The van der Waals surface area contributed by atoms with E-state index in [1.165, 1.54) is 0 Å². The Kier molecular flexibility index (Phi) is 4.75. The Bertz CT molecular complexity index is 909. The second-order valence-corrected chi connectivity index (χ2v) is 7.15. The number of likely N-dealkylation sites (tertiary alicyclic amines) is 1. The molecule has 0 aromatic carbocycles. The molecule has 1 atom stereocenters. The molecule has 2 aromatic rings. The van der Waals surface area contributed by atoms with Gasteiger partial charge in [-0.25, -0.2) is 0 Å². The zero-order chi connectivity index (χ0) is 18.8. The molecule has 4 heterocycles. The number of piperidine rings is 1. The summed E-state index contributed by atoms with van der Waals surface area (Å²) in [5, 5.41) is 0. The number of hydrogen-bond donors (Lipinski definition) is 1. The van der Waals surface area contributed by atoms with Crippen LogP contribution in [-0.4, -0.2) is 51.2 Å². The fraction of sp³-hybridized carbons (Fsp3) is 0.400. The Balaban J connectivity index is 1.46. The van der Waals surface area contributed by atoms with Crippen LogP contribution in [0.5, 0.6) is 0 Å². The summed E-state index contributed by atoms with van der Waals surface area (Å²) in [5.74, 6) is -0.236. The van der Waals surface area contributed by atoms with Gasteiger partial charge in [0.2, 0.25) is 5.91 Å². The molecule has 140 valence electrons. The van der Waals surface area contributed by atoms with Crippen molar-refractivity contribution in [3.63, 3.8) is 0 Å². The molecular weight excluding hydrogens is 344 g/mol. The lowest BCUT2D eigenvalue weighted by Crippen LogP contribution is -2.48. The van der Waals surface area contributed by atoms with Crippen molar-refractivity contribution in [2.45, 2.75) is 25.8 Å². The summed E-state index contributed by atoms with van der Waals surface area (Å²) in [6.07, 6.45) is 7.12. The first-order chi connectivity index (χ1) is 13.1. The lowest BCUT2D eigenvalue weighted by molar-refractivity contribution is -0.137. The first-order valence-corrected chi connectivity index (χ1v) is 9.31. The van der Waals surface area contributed by atoms with Gasteiger partial charge < -0.3 is 14.8 Å². The van der Waals surface area contributed by atoms with E-state index < -0.39 is 0 Å². The third-order valence-electron chi connectivity index (χ3n) is 5.46. The van der Waals surface area contributed by atoms with Gasteiger partial charge in [0.25, 0.3) is 11.5 Å². The van der Waals surface area contributed by atoms with Gasteiger partial charge in [-0.2, -0.15) is 0 Å². The Hall–Kier alpha value is -2.96. The zero-order valence-electron chi connectivity index (χ0n) is 15.1. The van der Waals surface area contributed by atoms with Crippen molar-refractivity contribution in [3.8, 4) is 0 Å². The maximum absolute atomic E-state index is 13.0. The average molecular weight is 366 g/mol. The van der Waals surface area contributed by atoms with Crippen molar-refractivity contribution < 1.29 is 9.59 Å². The van der Waals surface area contributed by atoms with Crippen molar-refractivity contribution in [2.24, 2.45) is 5.92 Å². The van der Waals surface area contributed by atoms with Crippen molar-refractivity contribution in [2.75, 3.05) is 19.6 Å². The molecule has 0 saturated carbocycles. The third kappa shape index (κ3) is 3.49. The summed E-state index contributed by atoms with van der Waals surface area (Å²) in [6, 6.07) is 5.30. The van der Waals surface area contributed by atoms with Crippen molar-refractivity contribution in [1.82, 2.24) is 19.8 Å². The van der Waals surface area contributed by atoms with E-state index in [0.717, 1.165) is 18.4 Å². The summed E-state index contributed by atoms with van der Waals surface area (Å²) in [5.41, 5.74) is 2.17. The molecule has 2 aliphatic rings. The fourth-order valence-corrected chi connectivity index (χ4v) is 3.97. The van der Waals surface area contributed by atoms with Gasteiger partial charge in [-0.15, -0.1) is 0 Å². The standard InChI is InChI=1S/C20H22N4O3/c25-18-17-13-24(11-6-14(17)5-9-22-18)20(27)16-2-1-10-23(12-16)19(26)15-3-7-21-8-4-15/h3-5,7-9,16H,1-2,6,10-13H2,(H,22,25). The van der Waals surface area contributed by atoms with Gasteiger partial charge in [-0.05, 0) is 43.0 Å². The van der Waals surface area contributed by atoms with Crippen LogP contribution in [0, 0.1) is 5.92 Å². The molecule has 0 radical (unpaired) electrons. The number of hydrogen-bond acceptors (Lipinski definition) is 4. The Morgan fingerprint density at radius 1 is 1.11 bits per heavy atom. The van der Waals surface area contributed by atoms with Crippen LogP contribution >= 0.6 is 0 Å². The van der Waals surface area contributed by atoms with E-state index in [0.29, 0.717) is 43.7 Å². The van der Waals surface area contributed by atoms with Crippen LogP contribution in [-0.2, 0) is 17.8 Å². The Morgan fingerprint density at radius 2 is 1.93 bits per heavy atom. The van der Waals surface area contributed by atoms with Crippen LogP contribution in [0.4, 0.5) is 0 Å². The highest BCUT2D eigenvalue weighted by molar-refractivity contribution is 5.94. The molecule has 1 fully saturated rings. The first kappa shape index (κ1) is 17.5. The number of fused-ring (bicyclic) bond motifs is 1. The lowest BCUT2D eigenvalue weighted by Gasteiger charge is -2.36. The summed E-state index contributed by atoms with van der Waals surface area (Å²) in [7, 11) is 0. The van der Waals surface area contributed by atoms with Crippen LogP contribution in [0.3, 0.4) is 0 Å². The molecule has 7 heteroatoms. The minimum absolute atomic E-state index is 0.0381. The van der Waals surface area contributed by atoms with Gasteiger partial charge in [0, 0.05) is 49.4 Å². The SMILES string of the molecule is O=C(c1ccncc1)N1CCCC(C(=O)N2CCc3cc[nH]c(=O)c3C2)C1. The minimum Gasteiger partial charge on any atom is -0.338 e. The van der Waals surface area contributed by atoms with Gasteiger partial charge in [-0.3, -0.25) is 19.4 Å². The number of rotatable bonds is 2. The second-order valence-electron chi connectivity index (χ2n) is 7.15. The highest BCUT2D eigenvalue weighted by Crippen LogP contribution is 2.23. The largest absolute Gasteiger partial charge is 0.338 e. The van der Waals surface area contributed by atoms with E-state index in [-0.39, 0.29) is 23.3 Å². The topological polar surface area (TPSA) is 86.4 Å². The number of pyridine rings is 2. The summed E-state index contributed by atoms with van der Waals surface area (Å²) in [6.45, 7) is 2.05. The lowest BCUT2D eigenvalue weighted by atomic mass is 9.94. The summed E-state index contributed by atoms with van der Waals surface area (Å²) in [4.78, 5) is 47.9. The molecule has 1 saturated heterocycles. The Morgan fingerprint density at radius 3 is 2.74 bits per heavy atom. The molecule has 0 spiro atoms. The normalized spacial score (nSPS) is 19.5. The van der Waals surface area contributed by atoms with Gasteiger partial charge >= 0.3 is 0 Å². The minimum atomic E-state index is -0.214. The molecule has 1 unspecified atom stereocenters. The number of H-pyrrole nitrogens is 1. The van der Waals surface area contributed by atoms with Crippen LogP contribution < -0.4 is 5.56 Å². The monoisotopic (exact) mass is 366 g/mol. The van der Waals surface area contributed by atoms with Crippen LogP contribution in [0.25, 0.3) is 0 Å². The van der Waals surface area contributed by atoms with E-state index in [4.69, 9.17) is 0 Å². The molecule has 0 aliphatic carbocycles. The summed E-state index contributed by atoms with van der Waals surface area (Å²) >= 11 is 0. The van der Waals surface area contributed by atoms with Gasteiger partial charge in [0.1, 0.15) is 0 Å². The maximum atomic E-state index is 13.0. The third-order valence-corrected chi connectivity index (χ3v) is 5.46. The Labute approximate surface area is 157 Å². The van der Waals surface area contributed by atoms with Crippen LogP contribution in [0.2, 0.25) is 0 Å². The molecule has 2 amide bonds. The number of carbonyl (C=O) groups excluding carboxylic acids is 2. The van der Waals surface area contributed by atoms with Crippen molar-refractivity contribution in [1.29, 1.82) is 0 Å². The smallest absolute Gasteiger partial charge is 0.253 e. The van der Waals surface area contributed by atoms with Gasteiger partial charge in [0.05, 0.1) is 12.5 Å². The number of aromatic nitrogens is 2. The summed E-state index contributed by atoms with van der Waals surface area (Å²) < 4.78 is 0. The fourth-order valence-electron chi connectivity index (χ4n) is 3.97. The number of aromatic amines is 1. The second kappa shape index (κ2) is 7.34. The highest BCUT2D eigenvalue weighted by Gasteiger charge is 2.33. The number of amides is 2. The number of carbonyl (C=O) groups is 2. The molecule has 4 rings (SSSR count). The molecule has 1 N–H and O–H groups in total. The predicted octanol–water partition coefficient (Wildman–Crippen LogP) is 1.21. The van der Waals surface area contributed by atoms with Crippen LogP contribution in [0.15, 0.2) is 41.6 Å². The van der Waals surface area contributed by atoms with Crippen molar-refractivity contribution in [3.05, 3.63) is 63.8 Å². The molecule has 2 aliphatic heterocycles. The van der Waals surface area contributed by atoms with Gasteiger partial charge in [-0.1, -0.05) is 0 Å². The molecule has 27 heavy (non-hydrogen) atoms. The van der Waals surface area contributed by atoms with E-state index >= 15 is 0 Å². The quantitative estimate of drug-likeness (QED) is 0.865. The zero-order valence-corrected chi connectivity index (χ0v) is 15.1. The van der Waals surface area contributed by atoms with E-state index in [1.807, 2.05) is 6.07 Å². The van der Waals surface area contributed by atoms with E-state index in [2.05, 4.69) is 9.97 Å². The van der Waals surface area contributed by atoms with Crippen molar-refractivity contribution >= 4 is 11.8 Å². The highest BCUT2D eigenvalue weighted by atomic mass is 16.2. The predicted molar refractivity (Wildman–Crippen MR) is 99.0 cm³/mol. The molecule has 2 aromatic heterocycles. The van der Waals surface area contributed by atoms with Gasteiger partial charge in [0.15, 0.2) is 0 Å². The van der Waals surface area contributed by atoms with E-state index in [9.17, 15) is 14.4 Å². The molecule has 7 nitrogen and oxygen atoms in total. The molecular formula is C20H22N4O3. The first-order valence-electron chi connectivity index (χ1n) is 9.31. The average Bonchev–Trinajstić information content (AvgIpc) is 2.73. The van der Waals surface area contributed by atoms with E-state index in [1.54, 1.807) is 40.5 Å².